The molecule has 0 saturated carbocycles. The highest BCUT2D eigenvalue weighted by Crippen LogP contribution is 2.29. The Bertz CT molecular complexity index is 962. The zero-order chi connectivity index (χ0) is 19.4. The molecule has 1 heterocycles. The third-order valence-corrected chi connectivity index (χ3v) is 3.99. The molecule has 3 aromatic rings. The van der Waals surface area contributed by atoms with Crippen molar-refractivity contribution in [2.75, 3.05) is 5.43 Å². The van der Waals surface area contributed by atoms with Gasteiger partial charge in [-0.1, -0.05) is 23.7 Å². The topological polar surface area (TPSA) is 128 Å². The smallest absolute Gasteiger partial charge is 0.300 e. The molecule has 0 aliphatic heterocycles. The van der Waals surface area contributed by atoms with E-state index in [1.807, 2.05) is 0 Å². The van der Waals surface area contributed by atoms with Crippen LogP contribution < -0.4 is 10.9 Å². The molecule has 2 aromatic carbocycles. The average Bonchev–Trinajstić information content (AvgIpc) is 3.17. The molecule has 138 valence electrons. The summed E-state index contributed by atoms with van der Waals surface area (Å²) in [6.07, 6.45) is 4.44. The fourth-order valence-electron chi connectivity index (χ4n) is 2.43. The van der Waals surface area contributed by atoms with Gasteiger partial charge >= 0.3 is 5.69 Å². The summed E-state index contributed by atoms with van der Waals surface area (Å²) in [6, 6.07) is 10.4. The number of hydrogen-bond donors (Lipinski definition) is 2. The molecule has 0 radical (unpaired) electrons. The van der Waals surface area contributed by atoms with Gasteiger partial charge in [0.1, 0.15) is 11.9 Å². The standard InChI is InChI=1S/C16H13ClN6O4/c17-12-3-1-11(2-4-12)16(21-8-7-18-10-21)20-19-14-6-5-13(22(24)25)9-15(14)23(26)27/h1-10,16,19-20H. The maximum Gasteiger partial charge on any atom is 0.300 e. The molecule has 10 nitrogen and oxygen atoms in total. The quantitative estimate of drug-likeness (QED) is 0.468. The highest BCUT2D eigenvalue weighted by Gasteiger charge is 2.21. The summed E-state index contributed by atoms with van der Waals surface area (Å²) in [5.41, 5.74) is 5.86. The van der Waals surface area contributed by atoms with Gasteiger partial charge in [-0.05, 0) is 23.8 Å². The Labute approximate surface area is 157 Å². The van der Waals surface area contributed by atoms with Crippen molar-refractivity contribution in [3.8, 4) is 0 Å². The summed E-state index contributed by atoms with van der Waals surface area (Å²) in [5, 5.41) is 22.7. The molecule has 3 rings (SSSR count). The molecular formula is C16H13ClN6O4. The highest BCUT2D eigenvalue weighted by molar-refractivity contribution is 6.30. The number of rotatable bonds is 7. The lowest BCUT2D eigenvalue weighted by molar-refractivity contribution is -0.393. The van der Waals surface area contributed by atoms with Gasteiger partial charge in [-0.15, -0.1) is 0 Å². The second kappa shape index (κ2) is 7.81. The van der Waals surface area contributed by atoms with Crippen molar-refractivity contribution in [1.29, 1.82) is 0 Å². The van der Waals surface area contributed by atoms with E-state index in [2.05, 4.69) is 15.8 Å². The molecule has 0 saturated heterocycles. The number of imidazole rings is 1. The van der Waals surface area contributed by atoms with Gasteiger partial charge in [-0.2, -0.15) is 0 Å². The number of hydrogen-bond acceptors (Lipinski definition) is 7. The van der Waals surface area contributed by atoms with Gasteiger partial charge in [-0.25, -0.2) is 10.4 Å². The van der Waals surface area contributed by atoms with Crippen molar-refractivity contribution >= 4 is 28.7 Å². The zero-order valence-electron chi connectivity index (χ0n) is 13.7. The van der Waals surface area contributed by atoms with Crippen molar-refractivity contribution in [2.24, 2.45) is 0 Å². The van der Waals surface area contributed by atoms with Crippen LogP contribution in [-0.2, 0) is 0 Å². The predicted molar refractivity (Wildman–Crippen MR) is 98.3 cm³/mol. The van der Waals surface area contributed by atoms with Crippen molar-refractivity contribution in [3.05, 3.63) is 92.0 Å². The second-order valence-corrected chi connectivity index (χ2v) is 5.89. The molecule has 0 amide bonds. The number of nitrogens with one attached hydrogen (secondary N) is 2. The van der Waals surface area contributed by atoms with Crippen LogP contribution in [0.4, 0.5) is 17.1 Å². The summed E-state index contributed by atoms with van der Waals surface area (Å²) in [6.45, 7) is 0. The van der Waals surface area contributed by atoms with E-state index in [-0.39, 0.29) is 11.4 Å². The first-order chi connectivity index (χ1) is 13.0. The van der Waals surface area contributed by atoms with E-state index in [1.165, 1.54) is 12.1 Å². The average molecular weight is 389 g/mol. The Balaban J connectivity index is 1.89. The van der Waals surface area contributed by atoms with Gasteiger partial charge in [-0.3, -0.25) is 20.2 Å². The van der Waals surface area contributed by atoms with E-state index in [1.54, 1.807) is 47.6 Å². The largest absolute Gasteiger partial charge is 0.316 e. The minimum atomic E-state index is -0.689. The molecule has 1 atom stereocenters. The molecule has 1 aromatic heterocycles. The van der Waals surface area contributed by atoms with Gasteiger partial charge < -0.3 is 9.99 Å². The molecule has 0 bridgehead atoms. The molecule has 0 aliphatic rings. The van der Waals surface area contributed by atoms with Crippen molar-refractivity contribution in [3.63, 3.8) is 0 Å². The summed E-state index contributed by atoms with van der Waals surface area (Å²) >= 11 is 5.93. The van der Waals surface area contributed by atoms with Crippen LogP contribution in [0.2, 0.25) is 5.02 Å². The SMILES string of the molecule is O=[N+]([O-])c1ccc(NNC(c2ccc(Cl)cc2)n2ccnc2)c([N+](=O)[O-])c1. The van der Waals surface area contributed by atoms with Crippen LogP contribution in [0.3, 0.4) is 0 Å². The van der Waals surface area contributed by atoms with Crippen molar-refractivity contribution in [1.82, 2.24) is 15.0 Å². The summed E-state index contributed by atoms with van der Waals surface area (Å²) < 4.78 is 1.74. The van der Waals surface area contributed by atoms with Crippen LogP contribution in [0.5, 0.6) is 0 Å². The normalized spacial score (nSPS) is 11.7. The maximum atomic E-state index is 11.3. The van der Waals surface area contributed by atoms with E-state index in [4.69, 9.17) is 11.6 Å². The lowest BCUT2D eigenvalue weighted by Crippen LogP contribution is -2.32. The van der Waals surface area contributed by atoms with Gasteiger partial charge in [0.15, 0.2) is 0 Å². The van der Waals surface area contributed by atoms with Crippen LogP contribution in [0.15, 0.2) is 61.2 Å². The first kappa shape index (κ1) is 18.3. The number of nitro benzene ring substituents is 2. The van der Waals surface area contributed by atoms with E-state index < -0.39 is 21.7 Å². The Morgan fingerprint density at radius 3 is 2.41 bits per heavy atom. The fraction of sp³-hybridized carbons (Fsp3) is 0.0625. The highest BCUT2D eigenvalue weighted by atomic mass is 35.5. The van der Waals surface area contributed by atoms with Gasteiger partial charge in [0, 0.05) is 23.5 Å². The first-order valence-corrected chi connectivity index (χ1v) is 8.01. The molecule has 0 spiro atoms. The number of halogens is 1. The van der Waals surface area contributed by atoms with Gasteiger partial charge in [0.2, 0.25) is 0 Å². The van der Waals surface area contributed by atoms with Crippen molar-refractivity contribution < 1.29 is 9.85 Å². The molecule has 1 unspecified atom stereocenters. The number of nitrogens with zero attached hydrogens (tertiary/aromatic N) is 4. The minimum absolute atomic E-state index is 0.0877. The van der Waals surface area contributed by atoms with Crippen LogP contribution in [0, 0.1) is 20.2 Å². The molecule has 0 fully saturated rings. The van der Waals surface area contributed by atoms with Crippen LogP contribution in [0.25, 0.3) is 0 Å². The number of non-ortho nitro benzene ring substituents is 1. The van der Waals surface area contributed by atoms with Crippen LogP contribution in [0.1, 0.15) is 11.7 Å². The monoisotopic (exact) mass is 388 g/mol. The molecule has 0 aliphatic carbocycles. The molecule has 11 heteroatoms. The summed E-state index contributed by atoms with van der Waals surface area (Å²) in [4.78, 5) is 24.7. The Kier molecular flexibility index (Phi) is 5.29. The third kappa shape index (κ3) is 4.19. The number of anilines is 1. The van der Waals surface area contributed by atoms with E-state index in [0.29, 0.717) is 5.02 Å². The van der Waals surface area contributed by atoms with Gasteiger partial charge in [0.25, 0.3) is 5.69 Å². The zero-order valence-corrected chi connectivity index (χ0v) is 14.4. The molecule has 27 heavy (non-hydrogen) atoms. The Morgan fingerprint density at radius 1 is 1.07 bits per heavy atom. The molecule has 2 N–H and O–H groups in total. The lowest BCUT2D eigenvalue weighted by atomic mass is 10.2. The lowest BCUT2D eigenvalue weighted by Gasteiger charge is -2.21. The Hall–Kier alpha value is -3.50. The van der Waals surface area contributed by atoms with Crippen LogP contribution >= 0.6 is 11.6 Å². The maximum absolute atomic E-state index is 11.3. The van der Waals surface area contributed by atoms with E-state index in [9.17, 15) is 20.2 Å². The van der Waals surface area contributed by atoms with Crippen molar-refractivity contribution in [2.45, 2.75) is 6.17 Å². The second-order valence-electron chi connectivity index (χ2n) is 5.45. The van der Waals surface area contributed by atoms with Gasteiger partial charge in [0.05, 0.1) is 22.2 Å². The van der Waals surface area contributed by atoms with E-state index in [0.717, 1.165) is 11.6 Å². The number of nitro groups is 2. The Morgan fingerprint density at radius 2 is 1.81 bits per heavy atom. The number of hydrazine groups is 1. The third-order valence-electron chi connectivity index (χ3n) is 3.74. The summed E-state index contributed by atoms with van der Waals surface area (Å²) in [5.74, 6) is 0. The first-order valence-electron chi connectivity index (χ1n) is 7.63. The van der Waals surface area contributed by atoms with E-state index >= 15 is 0 Å². The number of aromatic nitrogens is 2. The molecular weight excluding hydrogens is 376 g/mol. The summed E-state index contributed by atoms with van der Waals surface area (Å²) in [7, 11) is 0. The predicted octanol–water partition coefficient (Wildman–Crippen LogP) is 3.52. The minimum Gasteiger partial charge on any atom is -0.316 e. The van der Waals surface area contributed by atoms with Crippen LogP contribution in [-0.4, -0.2) is 19.4 Å². The number of benzene rings is 2. The fourth-order valence-corrected chi connectivity index (χ4v) is 2.56.